The average molecular weight is 357 g/mol. The van der Waals surface area contributed by atoms with Crippen LogP contribution in [0.25, 0.3) is 0 Å². The van der Waals surface area contributed by atoms with Crippen LogP contribution in [0.4, 0.5) is 0 Å². The van der Waals surface area contributed by atoms with Crippen LogP contribution in [-0.2, 0) is 11.2 Å². The first-order valence-corrected chi connectivity index (χ1v) is 9.32. The number of rotatable bonds is 5. The van der Waals surface area contributed by atoms with Crippen molar-refractivity contribution < 1.29 is 4.79 Å². The fourth-order valence-corrected chi connectivity index (χ4v) is 3.41. The molecule has 1 aliphatic heterocycles. The molecule has 4 heteroatoms. The molecule has 1 amide bonds. The SMILES string of the molecule is Cc1ccc(CC(C(=O)NC2CCNCC2)c2ccc(Cl)cc2)cc1. The molecular weight excluding hydrogens is 332 g/mol. The standard InChI is InChI=1S/C21H25ClN2O/c1-15-2-4-16(5-3-15)14-20(17-6-8-18(22)9-7-17)21(25)24-19-10-12-23-13-11-19/h2-9,19-20,23H,10-14H2,1H3,(H,24,25). The van der Waals surface area contributed by atoms with Gasteiger partial charge in [0.1, 0.15) is 0 Å². The monoisotopic (exact) mass is 356 g/mol. The normalized spacial score (nSPS) is 16.4. The third-order valence-corrected chi connectivity index (χ3v) is 5.09. The third-order valence-electron chi connectivity index (χ3n) is 4.83. The molecule has 0 aliphatic carbocycles. The van der Waals surface area contributed by atoms with E-state index in [4.69, 9.17) is 11.6 Å². The molecule has 132 valence electrons. The molecule has 2 aromatic carbocycles. The Bertz CT molecular complexity index is 691. The van der Waals surface area contributed by atoms with Crippen molar-refractivity contribution in [1.82, 2.24) is 10.6 Å². The summed E-state index contributed by atoms with van der Waals surface area (Å²) in [5, 5.41) is 7.28. The molecular formula is C21H25ClN2O. The van der Waals surface area contributed by atoms with Crippen LogP contribution in [0.5, 0.6) is 0 Å². The first kappa shape index (κ1) is 18.0. The maximum atomic E-state index is 13.0. The van der Waals surface area contributed by atoms with Crippen molar-refractivity contribution in [3.63, 3.8) is 0 Å². The predicted molar refractivity (Wildman–Crippen MR) is 103 cm³/mol. The quantitative estimate of drug-likeness (QED) is 0.854. The highest BCUT2D eigenvalue weighted by Crippen LogP contribution is 2.24. The van der Waals surface area contributed by atoms with Gasteiger partial charge in [-0.1, -0.05) is 53.6 Å². The Morgan fingerprint density at radius 1 is 1.12 bits per heavy atom. The van der Waals surface area contributed by atoms with Gasteiger partial charge in [-0.15, -0.1) is 0 Å². The van der Waals surface area contributed by atoms with Gasteiger partial charge < -0.3 is 10.6 Å². The fraction of sp³-hybridized carbons (Fsp3) is 0.381. The Morgan fingerprint density at radius 2 is 1.76 bits per heavy atom. The van der Waals surface area contributed by atoms with Gasteiger partial charge in [0.05, 0.1) is 5.92 Å². The largest absolute Gasteiger partial charge is 0.353 e. The summed E-state index contributed by atoms with van der Waals surface area (Å²) in [6.07, 6.45) is 2.67. The summed E-state index contributed by atoms with van der Waals surface area (Å²) in [7, 11) is 0. The second-order valence-corrected chi connectivity index (χ2v) is 7.26. The molecule has 2 N–H and O–H groups in total. The van der Waals surface area contributed by atoms with E-state index in [9.17, 15) is 4.79 Å². The molecule has 1 saturated heterocycles. The van der Waals surface area contributed by atoms with E-state index < -0.39 is 0 Å². The number of nitrogens with one attached hydrogen (secondary N) is 2. The van der Waals surface area contributed by atoms with Gasteiger partial charge in [0.15, 0.2) is 0 Å². The molecule has 0 saturated carbocycles. The lowest BCUT2D eigenvalue weighted by Gasteiger charge is -2.26. The molecule has 1 aliphatic rings. The average Bonchev–Trinajstić information content (AvgIpc) is 2.63. The first-order valence-electron chi connectivity index (χ1n) is 8.94. The number of carbonyl (C=O) groups excluding carboxylic acids is 1. The predicted octanol–water partition coefficient (Wildman–Crippen LogP) is 3.84. The van der Waals surface area contributed by atoms with Gasteiger partial charge in [0.25, 0.3) is 0 Å². The van der Waals surface area contributed by atoms with Crippen molar-refractivity contribution in [2.45, 2.75) is 38.1 Å². The number of carbonyl (C=O) groups is 1. The van der Waals surface area contributed by atoms with Crippen LogP contribution in [0, 0.1) is 6.92 Å². The van der Waals surface area contributed by atoms with Crippen molar-refractivity contribution in [3.05, 3.63) is 70.2 Å². The van der Waals surface area contributed by atoms with Crippen LogP contribution in [0.2, 0.25) is 5.02 Å². The zero-order valence-corrected chi connectivity index (χ0v) is 15.4. The van der Waals surface area contributed by atoms with Crippen molar-refractivity contribution in [2.75, 3.05) is 13.1 Å². The van der Waals surface area contributed by atoms with E-state index in [-0.39, 0.29) is 17.9 Å². The molecule has 3 rings (SSSR count). The second-order valence-electron chi connectivity index (χ2n) is 6.83. The summed E-state index contributed by atoms with van der Waals surface area (Å²) in [4.78, 5) is 13.0. The minimum absolute atomic E-state index is 0.106. The zero-order valence-electron chi connectivity index (χ0n) is 14.6. The highest BCUT2D eigenvalue weighted by Gasteiger charge is 2.24. The van der Waals surface area contributed by atoms with Gasteiger partial charge in [-0.2, -0.15) is 0 Å². The Hall–Kier alpha value is -1.84. The number of hydrogen-bond donors (Lipinski definition) is 2. The van der Waals surface area contributed by atoms with Gasteiger partial charge in [-0.3, -0.25) is 4.79 Å². The number of aryl methyl sites for hydroxylation is 1. The lowest BCUT2D eigenvalue weighted by atomic mass is 9.90. The van der Waals surface area contributed by atoms with Gasteiger partial charge >= 0.3 is 0 Å². The zero-order chi connectivity index (χ0) is 17.6. The maximum Gasteiger partial charge on any atom is 0.228 e. The van der Waals surface area contributed by atoms with Crippen molar-refractivity contribution in [1.29, 1.82) is 0 Å². The Kier molecular flexibility index (Phi) is 6.11. The molecule has 1 atom stereocenters. The van der Waals surface area contributed by atoms with E-state index in [0.29, 0.717) is 11.4 Å². The first-order chi connectivity index (χ1) is 12.1. The van der Waals surface area contributed by atoms with E-state index in [0.717, 1.165) is 31.5 Å². The lowest BCUT2D eigenvalue weighted by Crippen LogP contribution is -2.44. The minimum Gasteiger partial charge on any atom is -0.353 e. The van der Waals surface area contributed by atoms with Crippen LogP contribution in [0.15, 0.2) is 48.5 Å². The maximum absolute atomic E-state index is 13.0. The van der Waals surface area contributed by atoms with Gasteiger partial charge in [0.2, 0.25) is 5.91 Å². The van der Waals surface area contributed by atoms with Crippen LogP contribution in [0.3, 0.4) is 0 Å². The molecule has 0 aromatic heterocycles. The lowest BCUT2D eigenvalue weighted by molar-refractivity contribution is -0.123. The molecule has 0 bridgehead atoms. The summed E-state index contributed by atoms with van der Waals surface area (Å²) in [5.74, 6) is -0.0929. The molecule has 1 heterocycles. The third kappa shape index (κ3) is 5.07. The molecule has 1 fully saturated rings. The van der Waals surface area contributed by atoms with Crippen LogP contribution < -0.4 is 10.6 Å². The van der Waals surface area contributed by atoms with Crippen molar-refractivity contribution >= 4 is 17.5 Å². The Morgan fingerprint density at radius 3 is 2.40 bits per heavy atom. The van der Waals surface area contributed by atoms with Gasteiger partial charge in [0, 0.05) is 11.1 Å². The number of piperidine rings is 1. The molecule has 0 radical (unpaired) electrons. The van der Waals surface area contributed by atoms with Crippen LogP contribution in [-0.4, -0.2) is 25.0 Å². The Labute approximate surface area is 154 Å². The summed E-state index contributed by atoms with van der Waals surface area (Å²) < 4.78 is 0. The molecule has 3 nitrogen and oxygen atoms in total. The summed E-state index contributed by atoms with van der Waals surface area (Å²) in [5.41, 5.74) is 3.41. The number of halogens is 1. The summed E-state index contributed by atoms with van der Waals surface area (Å²) >= 11 is 6.02. The van der Waals surface area contributed by atoms with E-state index in [1.54, 1.807) is 0 Å². The second kappa shape index (κ2) is 8.50. The van der Waals surface area contributed by atoms with Gasteiger partial charge in [-0.25, -0.2) is 0 Å². The molecule has 1 unspecified atom stereocenters. The summed E-state index contributed by atoms with van der Waals surface area (Å²) in [6.45, 7) is 4.01. The van der Waals surface area contributed by atoms with Crippen LogP contribution >= 0.6 is 11.6 Å². The molecule has 25 heavy (non-hydrogen) atoms. The number of benzene rings is 2. The number of amides is 1. The van der Waals surface area contributed by atoms with Gasteiger partial charge in [-0.05, 0) is 62.5 Å². The molecule has 0 spiro atoms. The highest BCUT2D eigenvalue weighted by atomic mass is 35.5. The van der Waals surface area contributed by atoms with E-state index in [1.807, 2.05) is 24.3 Å². The number of hydrogen-bond acceptors (Lipinski definition) is 2. The highest BCUT2D eigenvalue weighted by molar-refractivity contribution is 6.30. The van der Waals surface area contributed by atoms with Crippen molar-refractivity contribution in [3.8, 4) is 0 Å². The molecule has 2 aromatic rings. The fourth-order valence-electron chi connectivity index (χ4n) is 3.28. The Balaban J connectivity index is 1.78. The van der Waals surface area contributed by atoms with E-state index >= 15 is 0 Å². The van der Waals surface area contributed by atoms with E-state index in [1.165, 1.54) is 11.1 Å². The van der Waals surface area contributed by atoms with Crippen molar-refractivity contribution in [2.24, 2.45) is 0 Å². The minimum atomic E-state index is -0.199. The summed E-state index contributed by atoms with van der Waals surface area (Å²) in [6, 6.07) is 16.3. The smallest absolute Gasteiger partial charge is 0.228 e. The van der Waals surface area contributed by atoms with E-state index in [2.05, 4.69) is 41.8 Å². The van der Waals surface area contributed by atoms with Crippen LogP contribution in [0.1, 0.15) is 35.4 Å². The topological polar surface area (TPSA) is 41.1 Å².